The SMILES string of the molecule is c1ccc(-c2cccc3cccc(-c4ccccc4N(c4ccc(-c5ccc6ccccc6c5)cc4)c4ccccc4-c4cccc5sc6ccccc6c45)c23)cc1. The van der Waals surface area contributed by atoms with Crippen molar-refractivity contribution < 1.29 is 0 Å². The highest BCUT2D eigenvalue weighted by molar-refractivity contribution is 7.25. The van der Waals surface area contributed by atoms with Gasteiger partial charge in [-0.05, 0) is 97.4 Å². The topological polar surface area (TPSA) is 3.24 Å². The molecular formula is C56H37NS. The molecule has 1 heterocycles. The summed E-state index contributed by atoms with van der Waals surface area (Å²) < 4.78 is 2.60. The van der Waals surface area contributed by atoms with Crippen LogP contribution in [0.3, 0.4) is 0 Å². The van der Waals surface area contributed by atoms with Crippen LogP contribution in [0.1, 0.15) is 0 Å². The van der Waals surface area contributed by atoms with Gasteiger partial charge in [-0.15, -0.1) is 11.3 Å². The number of fused-ring (bicyclic) bond motifs is 5. The Morgan fingerprint density at radius 1 is 0.293 bits per heavy atom. The summed E-state index contributed by atoms with van der Waals surface area (Å²) in [5.41, 5.74) is 13.0. The Bertz CT molecular complexity index is 3280. The molecule has 272 valence electrons. The third-order valence-corrected chi connectivity index (χ3v) is 12.6. The minimum absolute atomic E-state index is 1.09. The summed E-state index contributed by atoms with van der Waals surface area (Å²) in [5, 5.41) is 7.56. The molecule has 58 heavy (non-hydrogen) atoms. The van der Waals surface area contributed by atoms with Gasteiger partial charge in [-0.25, -0.2) is 0 Å². The third kappa shape index (κ3) is 5.86. The predicted molar refractivity (Wildman–Crippen MR) is 251 cm³/mol. The van der Waals surface area contributed by atoms with Crippen LogP contribution in [0.15, 0.2) is 224 Å². The molecule has 1 aromatic heterocycles. The van der Waals surface area contributed by atoms with E-state index < -0.39 is 0 Å². The lowest BCUT2D eigenvalue weighted by Gasteiger charge is -2.30. The summed E-state index contributed by atoms with van der Waals surface area (Å²) in [5.74, 6) is 0. The Balaban J connectivity index is 1.15. The van der Waals surface area contributed by atoms with E-state index in [1.807, 2.05) is 11.3 Å². The van der Waals surface area contributed by atoms with Gasteiger partial charge in [0.15, 0.2) is 0 Å². The van der Waals surface area contributed by atoms with Crippen LogP contribution in [0.25, 0.3) is 86.2 Å². The van der Waals surface area contributed by atoms with E-state index in [2.05, 4.69) is 229 Å². The van der Waals surface area contributed by atoms with E-state index in [1.165, 1.54) is 86.2 Å². The minimum atomic E-state index is 1.09. The first-order valence-electron chi connectivity index (χ1n) is 19.8. The number of thiophene rings is 1. The standard InChI is InChI=1S/C56H37NS/c1-2-16-40(17-3-1)45-24-12-19-41-20-13-25-48(55(41)45)46-21-6-9-27-51(46)57(44-35-33-39(34-36-44)43-32-31-38-15-4-5-18-42(38)37-43)52-28-10-7-22-47(52)49-26-14-30-54-56(49)50-23-8-11-29-53(50)58-54/h1-37H. The van der Waals surface area contributed by atoms with E-state index in [-0.39, 0.29) is 0 Å². The maximum atomic E-state index is 2.48. The van der Waals surface area contributed by atoms with Crippen molar-refractivity contribution in [1.82, 2.24) is 0 Å². The lowest BCUT2D eigenvalue weighted by molar-refractivity contribution is 1.29. The number of nitrogens with zero attached hydrogens (tertiary/aromatic N) is 1. The Labute approximate surface area is 342 Å². The summed E-state index contributed by atoms with van der Waals surface area (Å²) in [6.07, 6.45) is 0. The van der Waals surface area contributed by atoms with Crippen molar-refractivity contribution in [1.29, 1.82) is 0 Å². The Kier molecular flexibility index (Phi) is 8.42. The zero-order chi connectivity index (χ0) is 38.4. The normalized spacial score (nSPS) is 11.4. The number of hydrogen-bond acceptors (Lipinski definition) is 2. The molecule has 0 N–H and O–H groups in total. The largest absolute Gasteiger partial charge is 0.309 e. The lowest BCUT2D eigenvalue weighted by Crippen LogP contribution is -2.12. The van der Waals surface area contributed by atoms with Gasteiger partial charge in [-0.3, -0.25) is 0 Å². The fourth-order valence-electron chi connectivity index (χ4n) is 8.80. The van der Waals surface area contributed by atoms with Crippen LogP contribution in [0.5, 0.6) is 0 Å². The van der Waals surface area contributed by atoms with Crippen molar-refractivity contribution in [2.45, 2.75) is 0 Å². The van der Waals surface area contributed by atoms with Gasteiger partial charge in [0.25, 0.3) is 0 Å². The molecule has 0 unspecified atom stereocenters. The third-order valence-electron chi connectivity index (χ3n) is 11.5. The number of anilines is 3. The maximum Gasteiger partial charge on any atom is 0.0540 e. The zero-order valence-electron chi connectivity index (χ0n) is 31.7. The van der Waals surface area contributed by atoms with Crippen molar-refractivity contribution in [3.63, 3.8) is 0 Å². The summed E-state index contributed by atoms with van der Waals surface area (Å²) >= 11 is 1.86. The molecule has 0 aliphatic carbocycles. The monoisotopic (exact) mass is 755 g/mol. The van der Waals surface area contributed by atoms with Crippen molar-refractivity contribution in [3.05, 3.63) is 224 Å². The van der Waals surface area contributed by atoms with Crippen molar-refractivity contribution in [2.75, 3.05) is 4.90 Å². The molecule has 0 saturated carbocycles. The first-order valence-corrected chi connectivity index (χ1v) is 20.7. The molecule has 0 aliphatic heterocycles. The average molecular weight is 756 g/mol. The second kappa shape index (κ2) is 14.4. The lowest BCUT2D eigenvalue weighted by atomic mass is 9.90. The van der Waals surface area contributed by atoms with Crippen LogP contribution in [-0.2, 0) is 0 Å². The summed E-state index contributed by atoms with van der Waals surface area (Å²) in [6, 6.07) is 82.0. The average Bonchev–Trinajstić information content (AvgIpc) is 3.69. The maximum absolute atomic E-state index is 2.48. The molecule has 1 nitrogen and oxygen atoms in total. The van der Waals surface area contributed by atoms with E-state index in [0.717, 1.165) is 17.1 Å². The van der Waals surface area contributed by atoms with Crippen molar-refractivity contribution in [3.8, 4) is 44.5 Å². The summed E-state index contributed by atoms with van der Waals surface area (Å²) in [7, 11) is 0. The molecule has 0 amide bonds. The molecule has 0 spiro atoms. The molecular weight excluding hydrogens is 719 g/mol. The van der Waals surface area contributed by atoms with E-state index >= 15 is 0 Å². The van der Waals surface area contributed by atoms with Gasteiger partial charge in [0, 0.05) is 37.0 Å². The quantitative estimate of drug-likeness (QED) is 0.157. The molecule has 10 aromatic carbocycles. The van der Waals surface area contributed by atoms with Gasteiger partial charge >= 0.3 is 0 Å². The Morgan fingerprint density at radius 3 is 1.59 bits per heavy atom. The molecule has 0 atom stereocenters. The number of hydrogen-bond donors (Lipinski definition) is 0. The molecule has 0 fully saturated rings. The molecule has 0 saturated heterocycles. The van der Waals surface area contributed by atoms with Crippen LogP contribution < -0.4 is 4.90 Å². The molecule has 2 heteroatoms. The van der Waals surface area contributed by atoms with Crippen LogP contribution in [0.4, 0.5) is 17.1 Å². The minimum Gasteiger partial charge on any atom is -0.309 e. The van der Waals surface area contributed by atoms with Gasteiger partial charge in [0.1, 0.15) is 0 Å². The van der Waals surface area contributed by atoms with Gasteiger partial charge < -0.3 is 4.90 Å². The molecule has 0 aliphatic rings. The predicted octanol–water partition coefficient (Wildman–Crippen LogP) is 16.5. The van der Waals surface area contributed by atoms with Crippen LogP contribution in [0.2, 0.25) is 0 Å². The van der Waals surface area contributed by atoms with Crippen LogP contribution >= 0.6 is 11.3 Å². The van der Waals surface area contributed by atoms with E-state index in [0.29, 0.717) is 0 Å². The van der Waals surface area contributed by atoms with Gasteiger partial charge in [-0.2, -0.15) is 0 Å². The summed E-state index contributed by atoms with van der Waals surface area (Å²) in [4.78, 5) is 2.48. The highest BCUT2D eigenvalue weighted by atomic mass is 32.1. The van der Waals surface area contributed by atoms with E-state index in [4.69, 9.17) is 0 Å². The van der Waals surface area contributed by atoms with Crippen molar-refractivity contribution in [2.24, 2.45) is 0 Å². The second-order valence-electron chi connectivity index (χ2n) is 14.8. The molecule has 11 aromatic rings. The smallest absolute Gasteiger partial charge is 0.0540 e. The number of benzene rings is 10. The Morgan fingerprint density at radius 2 is 0.828 bits per heavy atom. The highest BCUT2D eigenvalue weighted by Crippen LogP contribution is 2.49. The number of para-hydroxylation sites is 2. The second-order valence-corrected chi connectivity index (χ2v) is 15.9. The van der Waals surface area contributed by atoms with E-state index in [1.54, 1.807) is 0 Å². The molecule has 0 bridgehead atoms. The van der Waals surface area contributed by atoms with Gasteiger partial charge in [0.2, 0.25) is 0 Å². The number of rotatable bonds is 7. The molecule has 11 rings (SSSR count). The zero-order valence-corrected chi connectivity index (χ0v) is 32.5. The van der Waals surface area contributed by atoms with Crippen molar-refractivity contribution >= 4 is 70.1 Å². The van der Waals surface area contributed by atoms with Gasteiger partial charge in [0.05, 0.1) is 11.4 Å². The molecule has 0 radical (unpaired) electrons. The first kappa shape index (κ1) is 34.0. The van der Waals surface area contributed by atoms with Crippen LogP contribution in [0, 0.1) is 0 Å². The van der Waals surface area contributed by atoms with E-state index in [9.17, 15) is 0 Å². The Hall–Kier alpha value is -7.26. The van der Waals surface area contributed by atoms with Crippen LogP contribution in [-0.4, -0.2) is 0 Å². The first-order chi connectivity index (χ1) is 28.8. The highest BCUT2D eigenvalue weighted by Gasteiger charge is 2.23. The fraction of sp³-hybridized carbons (Fsp3) is 0. The van der Waals surface area contributed by atoms with Gasteiger partial charge in [-0.1, -0.05) is 182 Å². The fourth-order valence-corrected chi connectivity index (χ4v) is 9.93. The summed E-state index contributed by atoms with van der Waals surface area (Å²) in [6.45, 7) is 0.